The lowest BCUT2D eigenvalue weighted by molar-refractivity contribution is -0.145. The van der Waals surface area contributed by atoms with Crippen LogP contribution in [0.15, 0.2) is 35.2 Å². The quantitative estimate of drug-likeness (QED) is 0.866. The molecule has 0 spiro atoms. The van der Waals surface area contributed by atoms with Crippen LogP contribution in [0, 0.1) is 0 Å². The van der Waals surface area contributed by atoms with Crippen LogP contribution in [0.3, 0.4) is 0 Å². The van der Waals surface area contributed by atoms with Gasteiger partial charge in [0.1, 0.15) is 11.5 Å². The lowest BCUT2D eigenvalue weighted by Crippen LogP contribution is -2.46. The second-order valence-electron chi connectivity index (χ2n) is 4.24. The fraction of sp³-hybridized carbons (Fsp3) is 0.538. The maximum atomic E-state index is 9.78. The van der Waals surface area contributed by atoms with Crippen LogP contribution in [0.4, 0.5) is 0 Å². The summed E-state index contributed by atoms with van der Waals surface area (Å²) in [5.74, 6) is 0. The zero-order chi connectivity index (χ0) is 12.3. The van der Waals surface area contributed by atoms with Crippen LogP contribution >= 0.6 is 11.8 Å². The number of rotatable bonds is 3. The molecule has 1 aliphatic heterocycles. The van der Waals surface area contributed by atoms with Gasteiger partial charge in [-0.2, -0.15) is 0 Å². The van der Waals surface area contributed by atoms with Crippen LogP contribution in [0.25, 0.3) is 0 Å². The van der Waals surface area contributed by atoms with Gasteiger partial charge in [0, 0.05) is 11.3 Å². The van der Waals surface area contributed by atoms with Crippen molar-refractivity contribution in [2.45, 2.75) is 48.4 Å². The van der Waals surface area contributed by atoms with Gasteiger partial charge in [0.25, 0.3) is 0 Å². The van der Waals surface area contributed by atoms with E-state index in [0.717, 1.165) is 4.90 Å². The van der Waals surface area contributed by atoms with Gasteiger partial charge in [0.15, 0.2) is 0 Å². The Morgan fingerprint density at radius 1 is 1.29 bits per heavy atom. The highest BCUT2D eigenvalue weighted by molar-refractivity contribution is 7.99. The number of hydrogen-bond donors (Lipinski definition) is 2. The molecule has 2 N–H and O–H groups in total. The van der Waals surface area contributed by atoms with E-state index in [0.29, 0.717) is 12.8 Å². The van der Waals surface area contributed by atoms with E-state index < -0.39 is 12.2 Å². The Bertz CT molecular complexity index is 344. The van der Waals surface area contributed by atoms with Crippen molar-refractivity contribution in [1.82, 2.24) is 0 Å². The molecule has 0 bridgehead atoms. The van der Waals surface area contributed by atoms with E-state index in [9.17, 15) is 10.2 Å². The second-order valence-corrected chi connectivity index (χ2v) is 5.47. The topological polar surface area (TPSA) is 49.7 Å². The summed E-state index contributed by atoms with van der Waals surface area (Å²) < 4.78 is 5.78. The Morgan fingerprint density at radius 3 is 2.65 bits per heavy atom. The molecule has 1 heterocycles. The molecule has 4 heteroatoms. The van der Waals surface area contributed by atoms with Crippen LogP contribution < -0.4 is 0 Å². The molecule has 0 radical (unpaired) electrons. The third kappa shape index (κ3) is 3.22. The van der Waals surface area contributed by atoms with Gasteiger partial charge in [-0.3, -0.25) is 0 Å². The Balaban J connectivity index is 1.98. The third-order valence-corrected chi connectivity index (χ3v) is 4.06. The minimum Gasteiger partial charge on any atom is -0.390 e. The molecule has 1 saturated heterocycles. The summed E-state index contributed by atoms with van der Waals surface area (Å²) in [6.45, 7) is 1.95. The summed E-state index contributed by atoms with van der Waals surface area (Å²) >= 11 is 1.60. The highest BCUT2D eigenvalue weighted by atomic mass is 32.2. The van der Waals surface area contributed by atoms with E-state index in [1.54, 1.807) is 11.8 Å². The zero-order valence-corrected chi connectivity index (χ0v) is 10.6. The van der Waals surface area contributed by atoms with Crippen LogP contribution in [-0.2, 0) is 4.74 Å². The Morgan fingerprint density at radius 2 is 2.00 bits per heavy atom. The van der Waals surface area contributed by atoms with Gasteiger partial charge in [0.2, 0.25) is 0 Å². The first kappa shape index (κ1) is 12.9. The Labute approximate surface area is 106 Å². The summed E-state index contributed by atoms with van der Waals surface area (Å²) in [7, 11) is 0. The largest absolute Gasteiger partial charge is 0.390 e. The van der Waals surface area contributed by atoms with Gasteiger partial charge in [-0.05, 0) is 18.6 Å². The third-order valence-electron chi connectivity index (χ3n) is 2.95. The van der Waals surface area contributed by atoms with Crippen molar-refractivity contribution in [1.29, 1.82) is 0 Å². The molecule has 0 saturated carbocycles. The molecule has 1 fully saturated rings. The van der Waals surface area contributed by atoms with E-state index >= 15 is 0 Å². The second kappa shape index (κ2) is 5.87. The molecule has 1 aliphatic rings. The summed E-state index contributed by atoms with van der Waals surface area (Å²) in [6.07, 6.45) is -0.524. The molecule has 1 aromatic rings. The maximum Gasteiger partial charge on any atom is 0.110 e. The molecular weight excluding hydrogens is 236 g/mol. The Kier molecular flexibility index (Phi) is 4.45. The number of aliphatic hydroxyl groups is 2. The van der Waals surface area contributed by atoms with Crippen molar-refractivity contribution >= 4 is 11.8 Å². The standard InChI is InChI=1S/C13H18O3S/c1-2-11-13(15)10(14)8-12(16-11)17-9-6-4-3-5-7-9/h3-7,10-15H,2,8H2,1H3. The SMILES string of the molecule is CCC1OC(Sc2ccccc2)CC(O)C1O. The van der Waals surface area contributed by atoms with Crippen molar-refractivity contribution in [3.63, 3.8) is 0 Å². The predicted molar refractivity (Wildman–Crippen MR) is 67.9 cm³/mol. The van der Waals surface area contributed by atoms with Gasteiger partial charge in [-0.25, -0.2) is 0 Å². The first-order valence-electron chi connectivity index (χ1n) is 5.94. The summed E-state index contributed by atoms with van der Waals surface area (Å²) in [6, 6.07) is 9.97. The normalized spacial score (nSPS) is 33.6. The summed E-state index contributed by atoms with van der Waals surface area (Å²) in [4.78, 5) is 1.12. The molecule has 17 heavy (non-hydrogen) atoms. The molecule has 0 aromatic heterocycles. The monoisotopic (exact) mass is 254 g/mol. The summed E-state index contributed by atoms with van der Waals surface area (Å²) in [5, 5.41) is 19.5. The fourth-order valence-corrected chi connectivity index (χ4v) is 3.09. The molecule has 0 amide bonds. The average Bonchev–Trinajstić information content (AvgIpc) is 2.35. The highest BCUT2D eigenvalue weighted by Crippen LogP contribution is 2.33. The van der Waals surface area contributed by atoms with Crippen LogP contribution in [0.1, 0.15) is 19.8 Å². The van der Waals surface area contributed by atoms with E-state index in [2.05, 4.69) is 0 Å². The van der Waals surface area contributed by atoms with Crippen molar-refractivity contribution in [2.24, 2.45) is 0 Å². The van der Waals surface area contributed by atoms with Gasteiger partial charge in [-0.15, -0.1) is 0 Å². The first-order valence-corrected chi connectivity index (χ1v) is 6.82. The lowest BCUT2D eigenvalue weighted by atomic mass is 10.0. The molecule has 4 unspecified atom stereocenters. The minimum absolute atomic E-state index is 0.0826. The van der Waals surface area contributed by atoms with Crippen LogP contribution in [-0.4, -0.2) is 34.0 Å². The van der Waals surface area contributed by atoms with Crippen molar-refractivity contribution in [3.05, 3.63) is 30.3 Å². The minimum atomic E-state index is -0.757. The van der Waals surface area contributed by atoms with E-state index in [4.69, 9.17) is 4.74 Å². The van der Waals surface area contributed by atoms with Crippen molar-refractivity contribution < 1.29 is 14.9 Å². The predicted octanol–water partition coefficient (Wildman–Crippen LogP) is 2.03. The van der Waals surface area contributed by atoms with Crippen molar-refractivity contribution in [3.8, 4) is 0 Å². The molecule has 2 rings (SSSR count). The van der Waals surface area contributed by atoms with Crippen LogP contribution in [0.5, 0.6) is 0 Å². The smallest absolute Gasteiger partial charge is 0.110 e. The number of thioether (sulfide) groups is 1. The summed E-state index contributed by atoms with van der Waals surface area (Å²) in [5.41, 5.74) is -0.0826. The fourth-order valence-electron chi connectivity index (χ4n) is 1.98. The zero-order valence-electron chi connectivity index (χ0n) is 9.82. The molecule has 1 aromatic carbocycles. The lowest BCUT2D eigenvalue weighted by Gasteiger charge is -2.36. The molecular formula is C13H18O3S. The number of benzene rings is 1. The number of aliphatic hydroxyl groups excluding tert-OH is 2. The van der Waals surface area contributed by atoms with E-state index in [1.807, 2.05) is 37.3 Å². The molecule has 4 atom stereocenters. The van der Waals surface area contributed by atoms with E-state index in [1.165, 1.54) is 0 Å². The molecule has 94 valence electrons. The van der Waals surface area contributed by atoms with Gasteiger partial charge in [-0.1, -0.05) is 36.9 Å². The Hall–Kier alpha value is -0.550. The maximum absolute atomic E-state index is 9.78. The molecule has 0 aliphatic carbocycles. The van der Waals surface area contributed by atoms with Crippen molar-refractivity contribution in [2.75, 3.05) is 0 Å². The van der Waals surface area contributed by atoms with Gasteiger partial charge < -0.3 is 14.9 Å². The number of hydrogen-bond acceptors (Lipinski definition) is 4. The van der Waals surface area contributed by atoms with Gasteiger partial charge in [0.05, 0.1) is 12.2 Å². The highest BCUT2D eigenvalue weighted by Gasteiger charge is 2.35. The van der Waals surface area contributed by atoms with E-state index in [-0.39, 0.29) is 11.5 Å². The number of ether oxygens (including phenoxy) is 1. The van der Waals surface area contributed by atoms with Crippen LogP contribution in [0.2, 0.25) is 0 Å². The van der Waals surface area contributed by atoms with Gasteiger partial charge >= 0.3 is 0 Å². The molecule has 3 nitrogen and oxygen atoms in total. The average molecular weight is 254 g/mol. The first-order chi connectivity index (χ1) is 8.20.